The molecule has 0 heterocycles. The van der Waals surface area contributed by atoms with E-state index < -0.39 is 0 Å². The van der Waals surface area contributed by atoms with Crippen molar-refractivity contribution in [3.8, 4) is 0 Å². The molecule has 1 unspecified atom stereocenters. The number of benzene rings is 1. The normalized spacial score (nSPS) is 16.9. The minimum absolute atomic E-state index is 0.0853. The van der Waals surface area contributed by atoms with E-state index in [0.29, 0.717) is 5.92 Å². The van der Waals surface area contributed by atoms with Crippen LogP contribution in [0.1, 0.15) is 76.3 Å². The third kappa shape index (κ3) is 7.95. The molecule has 1 aliphatic rings. The molecule has 0 bridgehead atoms. The second kappa shape index (κ2) is 11.0. The van der Waals surface area contributed by atoms with Crippen LogP contribution in [0.15, 0.2) is 24.3 Å². The van der Waals surface area contributed by atoms with Crippen LogP contribution in [-0.2, 0) is 11.2 Å². The standard InChI is InChI=1S/C25H42N2O/c1-20(2)18-22-12-14-24(15-13-22)21(3)25(28)26-16-9-17-27(4,5)19-23-10-7-6-8-11-23/h12-15,20-21,23H,6-11,16-19H2,1-5H3/p+1. The highest BCUT2D eigenvalue weighted by atomic mass is 16.1. The van der Waals surface area contributed by atoms with E-state index in [1.54, 1.807) is 0 Å². The van der Waals surface area contributed by atoms with Crippen molar-refractivity contribution < 1.29 is 9.28 Å². The number of amides is 1. The van der Waals surface area contributed by atoms with Crippen molar-refractivity contribution in [2.45, 2.75) is 71.6 Å². The SMILES string of the molecule is CC(C)Cc1ccc(C(C)C(=O)NCCC[N+](C)(C)CC2CCCCC2)cc1. The number of nitrogens with zero attached hydrogens (tertiary/aromatic N) is 1. The predicted molar refractivity (Wildman–Crippen MR) is 119 cm³/mol. The molecular formula is C25H43N2O+. The summed E-state index contributed by atoms with van der Waals surface area (Å²) in [6.07, 6.45) is 9.21. The Kier molecular flexibility index (Phi) is 9.01. The molecule has 1 aromatic rings. The van der Waals surface area contributed by atoms with Gasteiger partial charge in [0.05, 0.1) is 33.1 Å². The van der Waals surface area contributed by atoms with Crippen molar-refractivity contribution >= 4 is 5.91 Å². The fourth-order valence-electron chi connectivity index (χ4n) is 4.60. The van der Waals surface area contributed by atoms with E-state index in [9.17, 15) is 4.79 Å². The van der Waals surface area contributed by atoms with Crippen molar-refractivity contribution in [2.24, 2.45) is 11.8 Å². The molecule has 0 aliphatic heterocycles. The van der Waals surface area contributed by atoms with Gasteiger partial charge in [-0.05, 0) is 43.2 Å². The van der Waals surface area contributed by atoms with Gasteiger partial charge < -0.3 is 9.80 Å². The van der Waals surface area contributed by atoms with Gasteiger partial charge in [0, 0.05) is 18.9 Å². The Balaban J connectivity index is 1.70. The third-order valence-corrected chi connectivity index (χ3v) is 6.23. The van der Waals surface area contributed by atoms with Gasteiger partial charge in [-0.15, -0.1) is 0 Å². The van der Waals surface area contributed by atoms with E-state index >= 15 is 0 Å². The smallest absolute Gasteiger partial charge is 0.227 e. The molecule has 158 valence electrons. The Hall–Kier alpha value is -1.35. The quantitative estimate of drug-likeness (QED) is 0.436. The molecule has 2 rings (SSSR count). The van der Waals surface area contributed by atoms with Gasteiger partial charge in [-0.1, -0.05) is 57.4 Å². The first-order valence-corrected chi connectivity index (χ1v) is 11.5. The maximum atomic E-state index is 12.5. The minimum Gasteiger partial charge on any atom is -0.355 e. The van der Waals surface area contributed by atoms with Gasteiger partial charge in [-0.2, -0.15) is 0 Å². The summed E-state index contributed by atoms with van der Waals surface area (Å²) >= 11 is 0. The number of carbonyl (C=O) groups excluding carboxylic acids is 1. The van der Waals surface area contributed by atoms with Crippen LogP contribution in [0, 0.1) is 11.8 Å². The van der Waals surface area contributed by atoms with Crippen molar-refractivity contribution in [1.29, 1.82) is 0 Å². The summed E-state index contributed by atoms with van der Waals surface area (Å²) in [5.74, 6) is 1.62. The van der Waals surface area contributed by atoms with Crippen LogP contribution in [0.25, 0.3) is 0 Å². The molecule has 3 nitrogen and oxygen atoms in total. The van der Waals surface area contributed by atoms with Crippen molar-refractivity contribution in [3.63, 3.8) is 0 Å². The van der Waals surface area contributed by atoms with Crippen LogP contribution in [0.5, 0.6) is 0 Å². The van der Waals surface area contributed by atoms with Crippen LogP contribution in [0.2, 0.25) is 0 Å². The lowest BCUT2D eigenvalue weighted by Gasteiger charge is -2.35. The Labute approximate surface area is 173 Å². The van der Waals surface area contributed by atoms with Crippen molar-refractivity contribution in [1.82, 2.24) is 5.32 Å². The molecule has 3 heteroatoms. The first-order chi connectivity index (χ1) is 13.3. The first kappa shape index (κ1) is 22.9. The van der Waals surface area contributed by atoms with E-state index in [1.807, 2.05) is 6.92 Å². The lowest BCUT2D eigenvalue weighted by atomic mass is 9.88. The maximum absolute atomic E-state index is 12.5. The van der Waals surface area contributed by atoms with Gasteiger partial charge >= 0.3 is 0 Å². The second-order valence-corrected chi connectivity index (χ2v) is 10.1. The molecule has 0 aromatic heterocycles. The summed E-state index contributed by atoms with van der Waals surface area (Å²) < 4.78 is 1.08. The van der Waals surface area contributed by atoms with Crippen molar-refractivity contribution in [2.75, 3.05) is 33.7 Å². The number of carbonyl (C=O) groups is 1. The molecule has 0 radical (unpaired) electrons. The molecule has 1 amide bonds. The maximum Gasteiger partial charge on any atom is 0.227 e. The van der Waals surface area contributed by atoms with E-state index in [0.717, 1.165) is 41.9 Å². The molecule has 28 heavy (non-hydrogen) atoms. The van der Waals surface area contributed by atoms with E-state index in [-0.39, 0.29) is 11.8 Å². The number of hydrogen-bond donors (Lipinski definition) is 1. The average molecular weight is 388 g/mol. The highest BCUT2D eigenvalue weighted by Gasteiger charge is 2.23. The Morgan fingerprint density at radius 2 is 1.71 bits per heavy atom. The van der Waals surface area contributed by atoms with E-state index in [4.69, 9.17) is 0 Å². The summed E-state index contributed by atoms with van der Waals surface area (Å²) in [6, 6.07) is 8.58. The molecule has 1 fully saturated rings. The molecular weight excluding hydrogens is 344 g/mol. The largest absolute Gasteiger partial charge is 0.355 e. The Morgan fingerprint density at radius 1 is 1.07 bits per heavy atom. The molecule has 0 spiro atoms. The number of nitrogens with one attached hydrogen (secondary N) is 1. The van der Waals surface area contributed by atoms with Gasteiger partial charge in [-0.25, -0.2) is 0 Å². The number of quaternary nitrogens is 1. The molecule has 1 saturated carbocycles. The first-order valence-electron chi connectivity index (χ1n) is 11.5. The monoisotopic (exact) mass is 387 g/mol. The van der Waals surface area contributed by atoms with E-state index in [1.165, 1.54) is 44.2 Å². The summed E-state index contributed by atoms with van der Waals surface area (Å²) in [5.41, 5.74) is 2.46. The fourth-order valence-corrected chi connectivity index (χ4v) is 4.60. The summed E-state index contributed by atoms with van der Waals surface area (Å²) in [7, 11) is 4.69. The summed E-state index contributed by atoms with van der Waals surface area (Å²) in [4.78, 5) is 12.5. The zero-order chi connectivity index (χ0) is 20.6. The van der Waals surface area contributed by atoms with Gasteiger partial charge in [0.1, 0.15) is 0 Å². The Bertz CT molecular complexity index is 585. The zero-order valence-electron chi connectivity index (χ0n) is 19.0. The topological polar surface area (TPSA) is 29.1 Å². The predicted octanol–water partition coefficient (Wildman–Crippen LogP) is 5.15. The Morgan fingerprint density at radius 3 is 2.32 bits per heavy atom. The summed E-state index contributed by atoms with van der Waals surface area (Å²) in [5, 5.41) is 3.16. The van der Waals surface area contributed by atoms with Gasteiger partial charge in [0.2, 0.25) is 5.91 Å². The average Bonchev–Trinajstić information content (AvgIpc) is 2.65. The van der Waals surface area contributed by atoms with Gasteiger partial charge in [0.15, 0.2) is 0 Å². The summed E-state index contributed by atoms with van der Waals surface area (Å²) in [6.45, 7) is 9.68. The molecule has 1 aromatic carbocycles. The lowest BCUT2D eigenvalue weighted by Crippen LogP contribution is -2.45. The van der Waals surface area contributed by atoms with Gasteiger partial charge in [-0.3, -0.25) is 4.79 Å². The van der Waals surface area contributed by atoms with Gasteiger partial charge in [0.25, 0.3) is 0 Å². The van der Waals surface area contributed by atoms with Crippen molar-refractivity contribution in [3.05, 3.63) is 35.4 Å². The molecule has 1 atom stereocenters. The third-order valence-electron chi connectivity index (χ3n) is 6.23. The highest BCUT2D eigenvalue weighted by molar-refractivity contribution is 5.83. The molecule has 0 saturated heterocycles. The van der Waals surface area contributed by atoms with Crippen LogP contribution >= 0.6 is 0 Å². The fraction of sp³-hybridized carbons (Fsp3) is 0.720. The minimum atomic E-state index is -0.0853. The molecule has 1 N–H and O–H groups in total. The lowest BCUT2D eigenvalue weighted by molar-refractivity contribution is -0.894. The number of hydrogen-bond acceptors (Lipinski definition) is 1. The van der Waals surface area contributed by atoms with Crippen LogP contribution < -0.4 is 5.32 Å². The molecule has 1 aliphatic carbocycles. The van der Waals surface area contributed by atoms with Crippen LogP contribution in [-0.4, -0.2) is 44.1 Å². The van der Waals surface area contributed by atoms with E-state index in [2.05, 4.69) is 57.5 Å². The highest BCUT2D eigenvalue weighted by Crippen LogP contribution is 2.25. The zero-order valence-corrected chi connectivity index (χ0v) is 19.0. The second-order valence-electron chi connectivity index (χ2n) is 10.1. The number of rotatable bonds is 10. The van der Waals surface area contributed by atoms with Crippen LogP contribution in [0.3, 0.4) is 0 Å². The van der Waals surface area contributed by atoms with Crippen LogP contribution in [0.4, 0.5) is 0 Å².